The Bertz CT molecular complexity index is 1280. The van der Waals surface area contributed by atoms with E-state index in [4.69, 9.17) is 21.7 Å². The molecule has 29 heavy (non-hydrogen) atoms. The fraction of sp³-hybridized carbons (Fsp3) is 0.130. The quantitative estimate of drug-likeness (QED) is 0.467. The van der Waals surface area contributed by atoms with Gasteiger partial charge in [-0.1, -0.05) is 54.1 Å². The first-order valence-electron chi connectivity index (χ1n) is 9.37. The molecule has 1 aromatic heterocycles. The molecule has 0 saturated heterocycles. The molecule has 5 nitrogen and oxygen atoms in total. The van der Waals surface area contributed by atoms with Gasteiger partial charge in [0, 0.05) is 23.0 Å². The van der Waals surface area contributed by atoms with Crippen LogP contribution in [0.25, 0.3) is 10.8 Å². The highest BCUT2D eigenvalue weighted by molar-refractivity contribution is 6.30. The first-order chi connectivity index (χ1) is 14.2. The number of aromatic nitrogens is 2. The fourth-order valence-corrected chi connectivity index (χ4v) is 4.15. The lowest BCUT2D eigenvalue weighted by Crippen LogP contribution is -2.30. The highest BCUT2D eigenvalue weighted by Crippen LogP contribution is 2.47. The van der Waals surface area contributed by atoms with Crippen molar-refractivity contribution in [3.63, 3.8) is 0 Å². The molecule has 0 spiro atoms. The second kappa shape index (κ2) is 7.03. The number of hydrogen-bond donors (Lipinski definition) is 2. The Labute approximate surface area is 172 Å². The summed E-state index contributed by atoms with van der Waals surface area (Å²) < 4.78 is 7.78. The summed E-state index contributed by atoms with van der Waals surface area (Å²) >= 11 is 6.14. The SMILES string of the molecule is N=c1c2c(ncn1CCO)Oc1ccc3ccccc3c1[C@@H]2c1ccc(Cl)cc1. The Hall–Kier alpha value is -3.15. The molecule has 0 bridgehead atoms. The molecular weight excluding hydrogens is 386 g/mol. The largest absolute Gasteiger partial charge is 0.438 e. The molecule has 2 N–H and O–H groups in total. The molecule has 6 heteroatoms. The maximum absolute atomic E-state index is 9.38. The summed E-state index contributed by atoms with van der Waals surface area (Å²) in [6.07, 6.45) is 1.54. The summed E-state index contributed by atoms with van der Waals surface area (Å²) in [5.41, 5.74) is 2.98. The Morgan fingerprint density at radius 1 is 1.03 bits per heavy atom. The van der Waals surface area contributed by atoms with Crippen LogP contribution in [0.4, 0.5) is 0 Å². The van der Waals surface area contributed by atoms with Crippen LogP contribution in [0.2, 0.25) is 5.02 Å². The van der Waals surface area contributed by atoms with Crippen LogP contribution in [0, 0.1) is 5.41 Å². The van der Waals surface area contributed by atoms with Crippen LogP contribution in [-0.2, 0) is 6.54 Å². The fourth-order valence-electron chi connectivity index (χ4n) is 4.02. The maximum atomic E-state index is 9.38. The Morgan fingerprint density at radius 3 is 2.62 bits per heavy atom. The molecule has 1 atom stereocenters. The predicted octanol–water partition coefficient (Wildman–Crippen LogP) is 4.45. The minimum atomic E-state index is -0.233. The number of nitrogens with zero attached hydrogens (tertiary/aromatic N) is 2. The lowest BCUT2D eigenvalue weighted by atomic mass is 9.81. The number of ether oxygens (including phenoxy) is 1. The van der Waals surface area contributed by atoms with E-state index in [1.54, 1.807) is 10.9 Å². The molecule has 4 aromatic rings. The molecular formula is C23H18ClN3O2. The number of nitrogens with one attached hydrogen (secondary N) is 1. The highest BCUT2D eigenvalue weighted by Gasteiger charge is 2.33. The number of benzene rings is 3. The zero-order chi connectivity index (χ0) is 20.0. The van der Waals surface area contributed by atoms with Crippen molar-refractivity contribution in [3.8, 4) is 11.6 Å². The minimum absolute atomic E-state index is 0.0665. The summed E-state index contributed by atoms with van der Waals surface area (Å²) in [5, 5.41) is 21.0. The third-order valence-electron chi connectivity index (χ3n) is 5.35. The van der Waals surface area contributed by atoms with Crippen LogP contribution < -0.4 is 10.2 Å². The van der Waals surface area contributed by atoms with E-state index in [0.717, 1.165) is 27.6 Å². The van der Waals surface area contributed by atoms with E-state index in [9.17, 15) is 5.11 Å². The van der Waals surface area contributed by atoms with E-state index < -0.39 is 0 Å². The molecule has 1 aliphatic rings. The van der Waals surface area contributed by atoms with Gasteiger partial charge < -0.3 is 14.4 Å². The third kappa shape index (κ3) is 2.90. The number of hydrogen-bond acceptors (Lipinski definition) is 4. The second-order valence-corrected chi connectivity index (χ2v) is 7.45. The predicted molar refractivity (Wildman–Crippen MR) is 112 cm³/mol. The zero-order valence-corrected chi connectivity index (χ0v) is 16.2. The lowest BCUT2D eigenvalue weighted by Gasteiger charge is -2.29. The molecule has 0 aliphatic carbocycles. The topological polar surface area (TPSA) is 71.1 Å². The van der Waals surface area contributed by atoms with Crippen molar-refractivity contribution in [2.45, 2.75) is 12.5 Å². The van der Waals surface area contributed by atoms with Crippen LogP contribution in [0.1, 0.15) is 22.6 Å². The van der Waals surface area contributed by atoms with E-state index >= 15 is 0 Å². The summed E-state index contributed by atoms with van der Waals surface area (Å²) in [6.45, 7) is 0.234. The van der Waals surface area contributed by atoms with Gasteiger partial charge >= 0.3 is 0 Å². The Balaban J connectivity index is 1.85. The molecule has 0 fully saturated rings. The maximum Gasteiger partial charge on any atom is 0.228 e. The monoisotopic (exact) mass is 403 g/mol. The first-order valence-corrected chi connectivity index (χ1v) is 9.75. The van der Waals surface area contributed by atoms with E-state index in [0.29, 0.717) is 23.0 Å². The Kier molecular flexibility index (Phi) is 4.34. The van der Waals surface area contributed by atoms with E-state index in [1.807, 2.05) is 48.5 Å². The summed E-state index contributed by atoms with van der Waals surface area (Å²) in [5.74, 6) is 0.929. The van der Waals surface area contributed by atoms with Crippen molar-refractivity contribution < 1.29 is 9.84 Å². The first kappa shape index (κ1) is 17.9. The van der Waals surface area contributed by atoms with Gasteiger partial charge in [-0.05, 0) is 34.5 Å². The second-order valence-electron chi connectivity index (χ2n) is 7.01. The molecule has 0 saturated carbocycles. The Morgan fingerprint density at radius 2 is 1.83 bits per heavy atom. The minimum Gasteiger partial charge on any atom is -0.438 e. The van der Waals surface area contributed by atoms with Crippen molar-refractivity contribution in [1.82, 2.24) is 9.55 Å². The molecule has 0 amide bonds. The molecule has 2 heterocycles. The number of aliphatic hydroxyl groups is 1. The van der Waals surface area contributed by atoms with E-state index in [1.165, 1.54) is 0 Å². The number of aliphatic hydroxyl groups excluding tert-OH is 1. The third-order valence-corrected chi connectivity index (χ3v) is 5.60. The van der Waals surface area contributed by atoms with Gasteiger partial charge in [-0.15, -0.1) is 0 Å². The normalized spacial score (nSPS) is 14.9. The van der Waals surface area contributed by atoms with Crippen LogP contribution >= 0.6 is 11.6 Å². The molecule has 0 radical (unpaired) electrons. The molecule has 0 unspecified atom stereocenters. The van der Waals surface area contributed by atoms with Gasteiger partial charge in [-0.3, -0.25) is 5.41 Å². The van der Waals surface area contributed by atoms with Gasteiger partial charge in [0.05, 0.1) is 12.2 Å². The summed E-state index contributed by atoms with van der Waals surface area (Å²) in [6, 6.07) is 19.8. The van der Waals surface area contributed by atoms with E-state index in [2.05, 4.69) is 17.1 Å². The van der Waals surface area contributed by atoms with E-state index in [-0.39, 0.29) is 18.0 Å². The lowest BCUT2D eigenvalue weighted by molar-refractivity contribution is 0.271. The number of halogens is 1. The van der Waals surface area contributed by atoms with Crippen LogP contribution in [0.5, 0.6) is 11.6 Å². The van der Waals surface area contributed by atoms with Crippen molar-refractivity contribution >= 4 is 22.4 Å². The van der Waals surface area contributed by atoms with Gasteiger partial charge in [0.1, 0.15) is 17.6 Å². The van der Waals surface area contributed by atoms with Gasteiger partial charge in [0.25, 0.3) is 0 Å². The van der Waals surface area contributed by atoms with Crippen LogP contribution in [0.3, 0.4) is 0 Å². The van der Waals surface area contributed by atoms with Crippen molar-refractivity contribution in [2.24, 2.45) is 0 Å². The number of rotatable bonds is 3. The van der Waals surface area contributed by atoms with Crippen LogP contribution in [-0.4, -0.2) is 21.3 Å². The smallest absolute Gasteiger partial charge is 0.228 e. The molecule has 3 aromatic carbocycles. The van der Waals surface area contributed by atoms with Crippen molar-refractivity contribution in [2.75, 3.05) is 6.61 Å². The standard InChI is InChI=1S/C23H18ClN3O2/c24-16-8-5-15(6-9-16)19-20-17-4-2-1-3-14(17)7-10-18(20)29-23-21(19)22(25)27(11-12-28)13-26-23/h1-10,13,19,25,28H,11-12H2/t19-/m0/s1. The van der Waals surface area contributed by atoms with Crippen LogP contribution in [0.15, 0.2) is 67.0 Å². The van der Waals surface area contributed by atoms with Gasteiger partial charge in [0.15, 0.2) is 0 Å². The number of fused-ring (bicyclic) bond motifs is 4. The summed E-state index contributed by atoms with van der Waals surface area (Å²) in [4.78, 5) is 4.45. The zero-order valence-electron chi connectivity index (χ0n) is 15.5. The molecule has 144 valence electrons. The van der Waals surface area contributed by atoms with Crippen molar-refractivity contribution in [3.05, 3.63) is 94.2 Å². The highest BCUT2D eigenvalue weighted by atomic mass is 35.5. The molecule has 5 rings (SSSR count). The summed E-state index contributed by atoms with van der Waals surface area (Å²) in [7, 11) is 0. The van der Waals surface area contributed by atoms with Crippen molar-refractivity contribution in [1.29, 1.82) is 5.41 Å². The average Bonchev–Trinajstić information content (AvgIpc) is 2.75. The van der Waals surface area contributed by atoms with Gasteiger partial charge in [0.2, 0.25) is 5.88 Å². The van der Waals surface area contributed by atoms with Gasteiger partial charge in [-0.25, -0.2) is 4.98 Å². The molecule has 1 aliphatic heterocycles. The van der Waals surface area contributed by atoms with Gasteiger partial charge in [-0.2, -0.15) is 0 Å². The average molecular weight is 404 g/mol.